The lowest BCUT2D eigenvalue weighted by Crippen LogP contribution is -2.53. The highest BCUT2D eigenvalue weighted by atomic mass is 35.5. The van der Waals surface area contributed by atoms with Gasteiger partial charge in [0.15, 0.2) is 11.5 Å². The number of nitrogens with two attached hydrogens (primary N) is 1. The Bertz CT molecular complexity index is 560. The average Bonchev–Trinajstić information content (AvgIpc) is 3.18. The van der Waals surface area contributed by atoms with Crippen molar-refractivity contribution in [3.8, 4) is 11.5 Å². The third-order valence-electron chi connectivity index (χ3n) is 3.99. The van der Waals surface area contributed by atoms with Crippen LogP contribution in [0.15, 0.2) is 12.1 Å². The SMILES string of the molecule is CC(CN)(NC(=O)c1cc(Cl)c2c(c1)OCO2)C1CC1. The molecule has 0 spiro atoms. The zero-order valence-electron chi connectivity index (χ0n) is 11.2. The van der Waals surface area contributed by atoms with Crippen molar-refractivity contribution >= 4 is 17.5 Å². The topological polar surface area (TPSA) is 73.6 Å². The maximum absolute atomic E-state index is 12.4. The molecule has 1 aromatic rings. The highest BCUT2D eigenvalue weighted by Gasteiger charge is 2.41. The van der Waals surface area contributed by atoms with E-state index in [9.17, 15) is 4.79 Å². The Morgan fingerprint density at radius 2 is 2.25 bits per heavy atom. The standard InChI is InChI=1S/C14H17ClN2O3/c1-14(6-16,9-2-3-9)17-13(18)8-4-10(15)12-11(5-8)19-7-20-12/h4-5,9H,2-3,6-7,16H2,1H3,(H,17,18). The van der Waals surface area contributed by atoms with Crippen molar-refractivity contribution in [2.75, 3.05) is 13.3 Å². The van der Waals surface area contributed by atoms with Gasteiger partial charge in [0.25, 0.3) is 5.91 Å². The summed E-state index contributed by atoms with van der Waals surface area (Å²) >= 11 is 6.09. The number of benzene rings is 1. The number of rotatable bonds is 4. The number of halogens is 1. The molecule has 1 amide bonds. The molecule has 1 aromatic carbocycles. The van der Waals surface area contributed by atoms with Crippen molar-refractivity contribution < 1.29 is 14.3 Å². The zero-order chi connectivity index (χ0) is 14.3. The number of fused-ring (bicyclic) bond motifs is 1. The smallest absolute Gasteiger partial charge is 0.251 e. The second-order valence-electron chi connectivity index (χ2n) is 5.54. The summed E-state index contributed by atoms with van der Waals surface area (Å²) in [7, 11) is 0. The number of ether oxygens (including phenoxy) is 2. The summed E-state index contributed by atoms with van der Waals surface area (Å²) in [6.45, 7) is 2.53. The Hall–Kier alpha value is -1.46. The molecule has 1 saturated carbocycles. The van der Waals surface area contributed by atoms with Crippen LogP contribution >= 0.6 is 11.6 Å². The van der Waals surface area contributed by atoms with Crippen LogP contribution in [0.5, 0.6) is 11.5 Å². The number of hydrogen-bond acceptors (Lipinski definition) is 4. The van der Waals surface area contributed by atoms with Crippen molar-refractivity contribution in [1.82, 2.24) is 5.32 Å². The summed E-state index contributed by atoms with van der Waals surface area (Å²) in [5, 5.41) is 3.40. The van der Waals surface area contributed by atoms with E-state index in [1.807, 2.05) is 6.92 Å². The Labute approximate surface area is 122 Å². The second-order valence-corrected chi connectivity index (χ2v) is 5.95. The summed E-state index contributed by atoms with van der Waals surface area (Å²) in [5.74, 6) is 1.27. The predicted octanol–water partition coefficient (Wildman–Crippen LogP) is 1.93. The summed E-state index contributed by atoms with van der Waals surface area (Å²) in [5.41, 5.74) is 5.91. The third-order valence-corrected chi connectivity index (χ3v) is 4.27. The summed E-state index contributed by atoms with van der Waals surface area (Å²) in [6, 6.07) is 3.24. The fourth-order valence-electron chi connectivity index (χ4n) is 2.47. The fourth-order valence-corrected chi connectivity index (χ4v) is 2.74. The minimum Gasteiger partial charge on any atom is -0.454 e. The summed E-state index contributed by atoms with van der Waals surface area (Å²) in [6.07, 6.45) is 2.21. The zero-order valence-corrected chi connectivity index (χ0v) is 12.0. The molecule has 3 rings (SSSR count). The molecule has 108 valence electrons. The molecule has 1 heterocycles. The molecule has 0 radical (unpaired) electrons. The van der Waals surface area contributed by atoms with E-state index in [4.69, 9.17) is 26.8 Å². The van der Waals surface area contributed by atoms with Gasteiger partial charge in [-0.2, -0.15) is 0 Å². The van der Waals surface area contributed by atoms with Gasteiger partial charge in [0.2, 0.25) is 6.79 Å². The van der Waals surface area contributed by atoms with E-state index < -0.39 is 0 Å². The number of hydrogen-bond donors (Lipinski definition) is 2. The van der Waals surface area contributed by atoms with Gasteiger partial charge in [-0.25, -0.2) is 0 Å². The van der Waals surface area contributed by atoms with Gasteiger partial charge in [-0.15, -0.1) is 0 Å². The van der Waals surface area contributed by atoms with Crippen molar-refractivity contribution in [2.24, 2.45) is 11.7 Å². The van der Waals surface area contributed by atoms with Crippen LogP contribution in [0.25, 0.3) is 0 Å². The van der Waals surface area contributed by atoms with Gasteiger partial charge in [-0.05, 0) is 37.8 Å². The van der Waals surface area contributed by atoms with Crippen LogP contribution in [-0.2, 0) is 0 Å². The van der Waals surface area contributed by atoms with E-state index in [0.717, 1.165) is 12.8 Å². The molecular weight excluding hydrogens is 280 g/mol. The van der Waals surface area contributed by atoms with E-state index in [-0.39, 0.29) is 18.2 Å². The number of amides is 1. The van der Waals surface area contributed by atoms with Crippen molar-refractivity contribution in [1.29, 1.82) is 0 Å². The molecular formula is C14H17ClN2O3. The third kappa shape index (κ3) is 2.31. The highest BCUT2D eigenvalue weighted by molar-refractivity contribution is 6.32. The maximum Gasteiger partial charge on any atom is 0.251 e. The molecule has 1 aliphatic heterocycles. The van der Waals surface area contributed by atoms with Gasteiger partial charge in [-0.3, -0.25) is 4.79 Å². The number of carbonyl (C=O) groups excluding carboxylic acids is 1. The predicted molar refractivity (Wildman–Crippen MR) is 75.2 cm³/mol. The molecule has 0 aromatic heterocycles. The molecule has 0 bridgehead atoms. The molecule has 1 unspecified atom stereocenters. The molecule has 6 heteroatoms. The van der Waals surface area contributed by atoms with E-state index >= 15 is 0 Å². The summed E-state index contributed by atoms with van der Waals surface area (Å²) in [4.78, 5) is 12.4. The second kappa shape index (κ2) is 4.82. The maximum atomic E-state index is 12.4. The minimum atomic E-state index is -0.361. The van der Waals surface area contributed by atoms with Crippen molar-refractivity contribution in [2.45, 2.75) is 25.3 Å². The first-order valence-corrected chi connectivity index (χ1v) is 7.03. The van der Waals surface area contributed by atoms with Crippen molar-refractivity contribution in [3.05, 3.63) is 22.7 Å². The van der Waals surface area contributed by atoms with Crippen LogP contribution in [0, 0.1) is 5.92 Å². The van der Waals surface area contributed by atoms with Crippen LogP contribution in [0.1, 0.15) is 30.1 Å². The van der Waals surface area contributed by atoms with Crippen LogP contribution in [0.3, 0.4) is 0 Å². The quantitative estimate of drug-likeness (QED) is 0.890. The molecule has 3 N–H and O–H groups in total. The fraction of sp³-hybridized carbons (Fsp3) is 0.500. The molecule has 5 nitrogen and oxygen atoms in total. The largest absolute Gasteiger partial charge is 0.454 e. The normalized spacial score (nSPS) is 19.6. The number of nitrogens with one attached hydrogen (secondary N) is 1. The van der Waals surface area contributed by atoms with Crippen molar-refractivity contribution in [3.63, 3.8) is 0 Å². The van der Waals surface area contributed by atoms with Gasteiger partial charge in [0.1, 0.15) is 0 Å². The van der Waals surface area contributed by atoms with Gasteiger partial charge in [-0.1, -0.05) is 11.6 Å². The first kappa shape index (κ1) is 13.5. The molecule has 1 fully saturated rings. The molecule has 2 aliphatic rings. The van der Waals surface area contributed by atoms with Crippen LogP contribution in [0.2, 0.25) is 5.02 Å². The van der Waals surface area contributed by atoms with E-state index in [1.165, 1.54) is 0 Å². The lowest BCUT2D eigenvalue weighted by Gasteiger charge is -2.29. The van der Waals surface area contributed by atoms with Gasteiger partial charge >= 0.3 is 0 Å². The minimum absolute atomic E-state index is 0.128. The van der Waals surface area contributed by atoms with Crippen LogP contribution in [-0.4, -0.2) is 24.8 Å². The monoisotopic (exact) mass is 296 g/mol. The lowest BCUT2D eigenvalue weighted by atomic mass is 9.95. The van der Waals surface area contributed by atoms with Crippen LogP contribution < -0.4 is 20.5 Å². The molecule has 1 atom stereocenters. The molecule has 20 heavy (non-hydrogen) atoms. The Morgan fingerprint density at radius 1 is 1.50 bits per heavy atom. The first-order valence-electron chi connectivity index (χ1n) is 6.65. The summed E-state index contributed by atoms with van der Waals surface area (Å²) < 4.78 is 10.5. The van der Waals surface area contributed by atoms with Gasteiger partial charge in [0, 0.05) is 12.1 Å². The van der Waals surface area contributed by atoms with E-state index in [2.05, 4.69) is 5.32 Å². The number of carbonyl (C=O) groups is 1. The highest BCUT2D eigenvalue weighted by Crippen LogP contribution is 2.41. The Kier molecular flexibility index (Phi) is 3.26. The van der Waals surface area contributed by atoms with Gasteiger partial charge < -0.3 is 20.5 Å². The lowest BCUT2D eigenvalue weighted by molar-refractivity contribution is 0.0897. The average molecular weight is 297 g/mol. The van der Waals surface area contributed by atoms with Crippen LogP contribution in [0.4, 0.5) is 0 Å². The van der Waals surface area contributed by atoms with Gasteiger partial charge in [0.05, 0.1) is 10.6 Å². The first-order chi connectivity index (χ1) is 9.53. The molecule has 1 aliphatic carbocycles. The van der Waals surface area contributed by atoms with E-state index in [1.54, 1.807) is 12.1 Å². The Balaban J connectivity index is 1.82. The van der Waals surface area contributed by atoms with E-state index in [0.29, 0.717) is 34.5 Å². The Morgan fingerprint density at radius 3 is 2.90 bits per heavy atom. The molecule has 0 saturated heterocycles.